The van der Waals surface area contributed by atoms with Gasteiger partial charge in [-0.05, 0) is 30.7 Å². The third kappa shape index (κ3) is 5.02. The SMILES string of the molecule is C=CCn1c(SCC2=C(C(=O)OCC)C(c3ccco3)NC(=O)N2)nc2sc(-c3ccccc3)cc2c1=O. The van der Waals surface area contributed by atoms with E-state index in [2.05, 4.69) is 17.2 Å². The number of urea groups is 1. The molecular formula is C27H24N4O5S2. The quantitative estimate of drug-likeness (QED) is 0.133. The standard InChI is InChI=1S/C27H24N4O5S2/c1-3-12-31-24(32)17-14-20(16-9-6-5-7-10-16)38-23(17)30-27(31)37-15-18-21(25(33)35-4-2)22(29-26(34)28-18)19-11-8-13-36-19/h3,5-11,13-14,22H,1,4,12,15H2,2H3,(H2,28,29,34). The van der Waals surface area contributed by atoms with Crippen molar-refractivity contribution in [2.75, 3.05) is 12.4 Å². The van der Waals surface area contributed by atoms with Gasteiger partial charge >= 0.3 is 12.0 Å². The lowest BCUT2D eigenvalue weighted by atomic mass is 10.0. The molecule has 2 amide bonds. The molecule has 1 atom stereocenters. The second kappa shape index (κ2) is 11.1. The van der Waals surface area contributed by atoms with E-state index in [9.17, 15) is 14.4 Å². The van der Waals surface area contributed by atoms with Gasteiger partial charge in [0.15, 0.2) is 5.16 Å². The molecule has 0 bridgehead atoms. The molecule has 2 N–H and O–H groups in total. The van der Waals surface area contributed by atoms with Crippen LogP contribution in [0.25, 0.3) is 20.7 Å². The van der Waals surface area contributed by atoms with Crippen LogP contribution in [0.5, 0.6) is 0 Å². The monoisotopic (exact) mass is 548 g/mol. The summed E-state index contributed by atoms with van der Waals surface area (Å²) in [5.74, 6) is -0.0136. The summed E-state index contributed by atoms with van der Waals surface area (Å²) in [6.07, 6.45) is 3.10. The number of fused-ring (bicyclic) bond motifs is 1. The van der Waals surface area contributed by atoms with Crippen LogP contribution in [0.1, 0.15) is 18.7 Å². The first kappa shape index (κ1) is 25.6. The van der Waals surface area contributed by atoms with Crippen molar-refractivity contribution in [2.45, 2.75) is 24.7 Å². The lowest BCUT2D eigenvalue weighted by Gasteiger charge is -2.27. The second-order valence-corrected chi connectivity index (χ2v) is 10.2. The van der Waals surface area contributed by atoms with Gasteiger partial charge in [-0.1, -0.05) is 48.2 Å². The smallest absolute Gasteiger partial charge is 0.338 e. The molecular weight excluding hydrogens is 524 g/mol. The number of carbonyl (C=O) groups is 2. The Morgan fingerprint density at radius 3 is 2.79 bits per heavy atom. The third-order valence-electron chi connectivity index (χ3n) is 5.81. The van der Waals surface area contributed by atoms with Crippen molar-refractivity contribution in [3.8, 4) is 10.4 Å². The van der Waals surface area contributed by atoms with Crippen molar-refractivity contribution in [1.82, 2.24) is 20.2 Å². The molecule has 0 fully saturated rings. The Kier molecular flexibility index (Phi) is 7.47. The molecule has 9 nitrogen and oxygen atoms in total. The van der Waals surface area contributed by atoms with E-state index in [-0.39, 0.29) is 30.0 Å². The number of thioether (sulfide) groups is 1. The minimum Gasteiger partial charge on any atom is -0.467 e. The summed E-state index contributed by atoms with van der Waals surface area (Å²) < 4.78 is 12.3. The predicted molar refractivity (Wildman–Crippen MR) is 147 cm³/mol. The van der Waals surface area contributed by atoms with Crippen LogP contribution < -0.4 is 16.2 Å². The molecule has 0 radical (unpaired) electrons. The highest BCUT2D eigenvalue weighted by molar-refractivity contribution is 7.99. The van der Waals surface area contributed by atoms with Crippen molar-refractivity contribution < 1.29 is 18.7 Å². The fourth-order valence-corrected chi connectivity index (χ4v) is 6.18. The van der Waals surface area contributed by atoms with Gasteiger partial charge in [0.05, 0.1) is 23.8 Å². The number of carbonyl (C=O) groups excluding carboxylic acids is 2. The highest BCUT2D eigenvalue weighted by atomic mass is 32.2. The Bertz CT molecular complexity index is 1590. The number of aromatic nitrogens is 2. The Morgan fingerprint density at radius 1 is 1.26 bits per heavy atom. The van der Waals surface area contributed by atoms with Crippen LogP contribution in [0.3, 0.4) is 0 Å². The van der Waals surface area contributed by atoms with E-state index in [1.807, 2.05) is 36.4 Å². The average molecular weight is 549 g/mol. The number of allylic oxidation sites excluding steroid dienone is 1. The summed E-state index contributed by atoms with van der Waals surface area (Å²) in [6.45, 7) is 5.92. The number of nitrogens with zero attached hydrogens (tertiary/aromatic N) is 2. The van der Waals surface area contributed by atoms with Crippen molar-refractivity contribution in [2.24, 2.45) is 0 Å². The van der Waals surface area contributed by atoms with E-state index >= 15 is 0 Å². The highest BCUT2D eigenvalue weighted by Gasteiger charge is 2.35. The number of furan rings is 1. The van der Waals surface area contributed by atoms with Crippen LogP contribution in [0, 0.1) is 0 Å². The topological polar surface area (TPSA) is 115 Å². The predicted octanol–water partition coefficient (Wildman–Crippen LogP) is 4.87. The van der Waals surface area contributed by atoms with Gasteiger partial charge in [-0.3, -0.25) is 9.36 Å². The molecule has 0 spiro atoms. The van der Waals surface area contributed by atoms with Gasteiger partial charge in [-0.2, -0.15) is 0 Å². The Labute approximate surface area is 226 Å². The van der Waals surface area contributed by atoms with Crippen LogP contribution in [0.4, 0.5) is 4.79 Å². The molecule has 1 aromatic carbocycles. The number of ether oxygens (including phenoxy) is 1. The largest absolute Gasteiger partial charge is 0.467 e. The molecule has 1 aliphatic heterocycles. The van der Waals surface area contributed by atoms with Crippen molar-refractivity contribution in [3.63, 3.8) is 0 Å². The van der Waals surface area contributed by atoms with E-state index in [0.717, 1.165) is 10.4 Å². The summed E-state index contributed by atoms with van der Waals surface area (Å²) in [5.41, 5.74) is 1.41. The number of hydrogen-bond acceptors (Lipinski definition) is 8. The lowest BCUT2D eigenvalue weighted by Crippen LogP contribution is -2.46. The van der Waals surface area contributed by atoms with E-state index in [1.165, 1.54) is 29.4 Å². The van der Waals surface area contributed by atoms with E-state index in [4.69, 9.17) is 14.1 Å². The zero-order valence-electron chi connectivity index (χ0n) is 20.4. The fraction of sp³-hybridized carbons (Fsp3) is 0.185. The van der Waals surface area contributed by atoms with Gasteiger partial charge < -0.3 is 19.8 Å². The van der Waals surface area contributed by atoms with Crippen LogP contribution in [0.2, 0.25) is 0 Å². The molecule has 11 heteroatoms. The normalized spacial score (nSPS) is 15.3. The summed E-state index contributed by atoms with van der Waals surface area (Å²) in [6, 6.07) is 13.7. The second-order valence-electron chi connectivity index (χ2n) is 8.24. The molecule has 4 aromatic rings. The number of benzene rings is 1. The molecule has 194 valence electrons. The van der Waals surface area contributed by atoms with Gasteiger partial charge in [-0.25, -0.2) is 14.6 Å². The molecule has 5 rings (SSSR count). The molecule has 3 aromatic heterocycles. The first-order chi connectivity index (χ1) is 18.5. The molecule has 0 saturated carbocycles. The fourth-order valence-electron chi connectivity index (χ4n) is 4.13. The summed E-state index contributed by atoms with van der Waals surface area (Å²) in [7, 11) is 0. The van der Waals surface area contributed by atoms with Crippen molar-refractivity contribution >= 4 is 45.3 Å². The number of nitrogens with one attached hydrogen (secondary N) is 2. The number of thiophene rings is 1. The number of amides is 2. The average Bonchev–Trinajstić information content (AvgIpc) is 3.60. The van der Waals surface area contributed by atoms with Gasteiger partial charge in [0.2, 0.25) is 0 Å². The van der Waals surface area contributed by atoms with Gasteiger partial charge in [0.1, 0.15) is 16.6 Å². The first-order valence-electron chi connectivity index (χ1n) is 11.8. The molecule has 1 aliphatic rings. The zero-order valence-corrected chi connectivity index (χ0v) is 22.1. The Balaban J connectivity index is 1.54. The minimum atomic E-state index is -0.815. The van der Waals surface area contributed by atoms with Gasteiger partial charge in [-0.15, -0.1) is 17.9 Å². The molecule has 0 aliphatic carbocycles. The Morgan fingerprint density at radius 2 is 2.08 bits per heavy atom. The van der Waals surface area contributed by atoms with E-state index in [1.54, 1.807) is 29.7 Å². The maximum atomic E-state index is 13.4. The van der Waals surface area contributed by atoms with E-state index < -0.39 is 18.0 Å². The van der Waals surface area contributed by atoms with Crippen LogP contribution in [-0.2, 0) is 16.1 Å². The number of rotatable bonds is 9. The van der Waals surface area contributed by atoms with E-state index in [0.29, 0.717) is 26.8 Å². The van der Waals surface area contributed by atoms with Crippen LogP contribution >= 0.6 is 23.1 Å². The van der Waals surface area contributed by atoms with Crippen LogP contribution in [-0.4, -0.2) is 33.9 Å². The summed E-state index contributed by atoms with van der Waals surface area (Å²) in [4.78, 5) is 45.3. The molecule has 0 saturated heterocycles. The zero-order chi connectivity index (χ0) is 26.6. The summed E-state index contributed by atoms with van der Waals surface area (Å²) in [5, 5.41) is 6.43. The highest BCUT2D eigenvalue weighted by Crippen LogP contribution is 2.34. The number of esters is 1. The number of hydrogen-bond donors (Lipinski definition) is 2. The molecule has 4 heterocycles. The maximum absolute atomic E-state index is 13.4. The lowest BCUT2D eigenvalue weighted by molar-refractivity contribution is -0.139. The minimum absolute atomic E-state index is 0.158. The maximum Gasteiger partial charge on any atom is 0.338 e. The molecule has 1 unspecified atom stereocenters. The van der Waals surface area contributed by atoms with Crippen LogP contribution in [0.15, 0.2) is 93.1 Å². The van der Waals surface area contributed by atoms with Crippen molar-refractivity contribution in [3.05, 3.63) is 94.8 Å². The first-order valence-corrected chi connectivity index (χ1v) is 13.6. The van der Waals surface area contributed by atoms with Gasteiger partial charge in [0.25, 0.3) is 5.56 Å². The third-order valence-corrected chi connectivity index (χ3v) is 7.89. The molecule has 38 heavy (non-hydrogen) atoms. The van der Waals surface area contributed by atoms with Gasteiger partial charge in [0, 0.05) is 22.9 Å². The Hall–Kier alpha value is -4.09. The van der Waals surface area contributed by atoms with Crippen molar-refractivity contribution in [1.29, 1.82) is 0 Å². The summed E-state index contributed by atoms with van der Waals surface area (Å²) >= 11 is 2.68.